The molecule has 0 fully saturated rings. The van der Waals surface area contributed by atoms with Gasteiger partial charge in [-0.25, -0.2) is 0 Å². The minimum atomic E-state index is 0.714. The summed E-state index contributed by atoms with van der Waals surface area (Å²) in [4.78, 5) is 2.18. The maximum atomic E-state index is 6.10. The first-order chi connectivity index (χ1) is 14.6. The molecule has 0 amide bonds. The van der Waals surface area contributed by atoms with Crippen LogP contribution >= 0.6 is 23.2 Å². The monoisotopic (exact) mass is 429 g/mol. The van der Waals surface area contributed by atoms with Gasteiger partial charge in [0.1, 0.15) is 0 Å². The first kappa shape index (κ1) is 20.3. The Morgan fingerprint density at radius 1 is 0.500 bits per heavy atom. The molecule has 0 aromatic heterocycles. The lowest BCUT2D eigenvalue weighted by molar-refractivity contribution is 1.28. The lowest BCUT2D eigenvalue weighted by Crippen LogP contribution is -2.09. The van der Waals surface area contributed by atoms with Crippen molar-refractivity contribution in [2.24, 2.45) is 0 Å². The fourth-order valence-electron chi connectivity index (χ4n) is 3.23. The molecule has 3 heteroatoms. The molecule has 0 unspecified atom stereocenters. The van der Waals surface area contributed by atoms with Crippen LogP contribution in [0.5, 0.6) is 0 Å². The SMILES string of the molecule is Cc1ccc(/C=C/c2ccc(N(c3ccc(Cl)cc3)c3ccc(Cl)cc3)cc2)cc1. The van der Waals surface area contributed by atoms with Crippen LogP contribution in [-0.4, -0.2) is 0 Å². The Balaban J connectivity index is 1.64. The van der Waals surface area contributed by atoms with Gasteiger partial charge in [0.15, 0.2) is 0 Å². The van der Waals surface area contributed by atoms with E-state index in [2.05, 4.69) is 72.5 Å². The van der Waals surface area contributed by atoms with Gasteiger partial charge in [-0.1, -0.05) is 77.3 Å². The topological polar surface area (TPSA) is 3.24 Å². The molecule has 0 bridgehead atoms. The van der Waals surface area contributed by atoms with Crippen LogP contribution in [0.1, 0.15) is 16.7 Å². The predicted octanol–water partition coefficient (Wildman–Crippen LogP) is 8.94. The summed E-state index contributed by atoms with van der Waals surface area (Å²) in [5.74, 6) is 0. The lowest BCUT2D eigenvalue weighted by atomic mass is 10.1. The van der Waals surface area contributed by atoms with E-state index in [-0.39, 0.29) is 0 Å². The van der Waals surface area contributed by atoms with E-state index in [0.717, 1.165) is 22.6 Å². The minimum Gasteiger partial charge on any atom is -0.311 e. The normalized spacial score (nSPS) is 11.0. The number of hydrogen-bond acceptors (Lipinski definition) is 1. The molecule has 0 spiro atoms. The van der Waals surface area contributed by atoms with E-state index in [4.69, 9.17) is 23.2 Å². The van der Waals surface area contributed by atoms with Gasteiger partial charge in [-0.05, 0) is 78.7 Å². The molecule has 0 aliphatic carbocycles. The van der Waals surface area contributed by atoms with Gasteiger partial charge in [-0.3, -0.25) is 0 Å². The van der Waals surface area contributed by atoms with Gasteiger partial charge in [0.05, 0.1) is 0 Å². The van der Waals surface area contributed by atoms with Crippen LogP contribution in [0.3, 0.4) is 0 Å². The summed E-state index contributed by atoms with van der Waals surface area (Å²) in [7, 11) is 0. The second kappa shape index (κ2) is 9.21. The Kier molecular flexibility index (Phi) is 6.23. The molecule has 0 heterocycles. The van der Waals surface area contributed by atoms with Crippen molar-refractivity contribution in [3.8, 4) is 0 Å². The Morgan fingerprint density at radius 3 is 1.23 bits per heavy atom. The fourth-order valence-corrected chi connectivity index (χ4v) is 3.48. The van der Waals surface area contributed by atoms with Crippen molar-refractivity contribution < 1.29 is 0 Å². The van der Waals surface area contributed by atoms with E-state index in [1.807, 2.05) is 48.5 Å². The Bertz CT molecular complexity index is 1080. The third-order valence-electron chi connectivity index (χ3n) is 4.87. The van der Waals surface area contributed by atoms with Gasteiger partial charge in [0.2, 0.25) is 0 Å². The molecule has 30 heavy (non-hydrogen) atoms. The molecule has 0 aliphatic heterocycles. The summed E-state index contributed by atoms with van der Waals surface area (Å²) in [6, 6.07) is 32.7. The van der Waals surface area contributed by atoms with E-state index in [0.29, 0.717) is 10.0 Å². The van der Waals surface area contributed by atoms with Crippen LogP contribution in [-0.2, 0) is 0 Å². The zero-order valence-electron chi connectivity index (χ0n) is 16.6. The van der Waals surface area contributed by atoms with Crippen LogP contribution in [0.15, 0.2) is 97.1 Å². The van der Waals surface area contributed by atoms with E-state index in [1.54, 1.807) is 0 Å². The molecule has 4 aromatic carbocycles. The minimum absolute atomic E-state index is 0.714. The van der Waals surface area contributed by atoms with Gasteiger partial charge in [-0.2, -0.15) is 0 Å². The summed E-state index contributed by atoms with van der Waals surface area (Å²) in [5.41, 5.74) is 6.72. The highest BCUT2D eigenvalue weighted by molar-refractivity contribution is 6.31. The Morgan fingerprint density at radius 2 is 0.833 bits per heavy atom. The van der Waals surface area contributed by atoms with E-state index in [1.165, 1.54) is 11.1 Å². The summed E-state index contributed by atoms with van der Waals surface area (Å²) in [5, 5.41) is 1.43. The molecule has 0 radical (unpaired) electrons. The first-order valence-corrected chi connectivity index (χ1v) is 10.5. The molecule has 0 atom stereocenters. The molecule has 0 aliphatic rings. The largest absolute Gasteiger partial charge is 0.311 e. The zero-order chi connectivity index (χ0) is 20.9. The Hall–Kier alpha value is -3.00. The van der Waals surface area contributed by atoms with Crippen molar-refractivity contribution in [1.82, 2.24) is 0 Å². The second-order valence-electron chi connectivity index (χ2n) is 7.12. The molecule has 148 valence electrons. The average molecular weight is 430 g/mol. The zero-order valence-corrected chi connectivity index (χ0v) is 18.1. The van der Waals surface area contributed by atoms with Gasteiger partial charge >= 0.3 is 0 Å². The highest BCUT2D eigenvalue weighted by Gasteiger charge is 2.12. The van der Waals surface area contributed by atoms with Gasteiger partial charge in [0.25, 0.3) is 0 Å². The van der Waals surface area contributed by atoms with Crippen molar-refractivity contribution >= 4 is 52.4 Å². The molecule has 0 saturated heterocycles. The third kappa shape index (κ3) is 4.94. The lowest BCUT2D eigenvalue weighted by Gasteiger charge is -2.25. The number of benzene rings is 4. The second-order valence-corrected chi connectivity index (χ2v) is 8.00. The molecular weight excluding hydrogens is 409 g/mol. The molecule has 0 N–H and O–H groups in total. The van der Waals surface area contributed by atoms with Crippen molar-refractivity contribution in [1.29, 1.82) is 0 Å². The number of nitrogens with zero attached hydrogens (tertiary/aromatic N) is 1. The maximum absolute atomic E-state index is 6.10. The number of rotatable bonds is 5. The number of hydrogen-bond donors (Lipinski definition) is 0. The third-order valence-corrected chi connectivity index (χ3v) is 5.37. The first-order valence-electron chi connectivity index (χ1n) is 9.74. The maximum Gasteiger partial charge on any atom is 0.0462 e. The van der Waals surface area contributed by atoms with Gasteiger partial charge in [-0.15, -0.1) is 0 Å². The predicted molar refractivity (Wildman–Crippen MR) is 131 cm³/mol. The molecule has 0 saturated carbocycles. The van der Waals surface area contributed by atoms with Crippen LogP contribution in [0.25, 0.3) is 12.2 Å². The van der Waals surface area contributed by atoms with Crippen molar-refractivity contribution in [3.05, 3.63) is 124 Å². The molecule has 4 aromatic rings. The van der Waals surface area contributed by atoms with Crippen LogP contribution in [0.4, 0.5) is 17.1 Å². The van der Waals surface area contributed by atoms with Crippen molar-refractivity contribution in [2.75, 3.05) is 4.90 Å². The van der Waals surface area contributed by atoms with Crippen molar-refractivity contribution in [2.45, 2.75) is 6.92 Å². The van der Waals surface area contributed by atoms with E-state index in [9.17, 15) is 0 Å². The van der Waals surface area contributed by atoms with Gasteiger partial charge < -0.3 is 4.90 Å². The summed E-state index contributed by atoms with van der Waals surface area (Å²) in [6.07, 6.45) is 4.26. The standard InChI is InChI=1S/C27H21Cl2N/c1-20-2-4-21(5-3-20)6-7-22-8-14-25(15-9-22)30(26-16-10-23(28)11-17-26)27-18-12-24(29)13-19-27/h2-19H,1H3/b7-6+. The molecular formula is C27H21Cl2N. The van der Waals surface area contributed by atoms with Crippen LogP contribution in [0.2, 0.25) is 10.0 Å². The van der Waals surface area contributed by atoms with Gasteiger partial charge in [0, 0.05) is 27.1 Å². The average Bonchev–Trinajstić information content (AvgIpc) is 2.77. The Labute approximate surface area is 187 Å². The van der Waals surface area contributed by atoms with Crippen molar-refractivity contribution in [3.63, 3.8) is 0 Å². The van der Waals surface area contributed by atoms with Crippen LogP contribution < -0.4 is 4.90 Å². The smallest absolute Gasteiger partial charge is 0.0462 e. The number of aryl methyl sites for hydroxylation is 1. The van der Waals surface area contributed by atoms with E-state index < -0.39 is 0 Å². The number of anilines is 3. The molecule has 4 rings (SSSR count). The highest BCUT2D eigenvalue weighted by atomic mass is 35.5. The quantitative estimate of drug-likeness (QED) is 0.286. The van der Waals surface area contributed by atoms with Crippen LogP contribution in [0, 0.1) is 6.92 Å². The highest BCUT2D eigenvalue weighted by Crippen LogP contribution is 2.35. The summed E-state index contributed by atoms with van der Waals surface area (Å²) in [6.45, 7) is 2.10. The summed E-state index contributed by atoms with van der Waals surface area (Å²) >= 11 is 12.2. The molecule has 1 nitrogen and oxygen atoms in total. The fraction of sp³-hybridized carbons (Fsp3) is 0.0370. The van der Waals surface area contributed by atoms with E-state index >= 15 is 0 Å². The number of halogens is 2. The summed E-state index contributed by atoms with van der Waals surface area (Å²) < 4.78 is 0.